The smallest absolute Gasteiger partial charge is 0.411 e. The third-order valence-electron chi connectivity index (χ3n) is 22.9. The summed E-state index contributed by atoms with van der Waals surface area (Å²) in [6, 6.07) is 41.3. The van der Waals surface area contributed by atoms with E-state index in [9.17, 15) is 9.59 Å². The molecule has 8 unspecified atom stereocenters. The van der Waals surface area contributed by atoms with Crippen LogP contribution in [0.25, 0.3) is 33.4 Å². The monoisotopic (exact) mass is 1940 g/mol. The molecule has 3 aromatic carbocycles. The normalized spacial score (nSPS) is 12.2. The van der Waals surface area contributed by atoms with Crippen LogP contribution in [0.1, 0.15) is 275 Å². The highest BCUT2D eigenvalue weighted by Gasteiger charge is 2.24. The number of rotatable bonds is 33. The molecule has 1 N–H and O–H groups in total. The van der Waals surface area contributed by atoms with Crippen LogP contribution in [-0.2, 0) is 21.3 Å². The van der Waals surface area contributed by atoms with Gasteiger partial charge in [-0.05, 0) is 213 Å². The van der Waals surface area contributed by atoms with Crippen molar-refractivity contribution in [2.45, 2.75) is 247 Å². The van der Waals surface area contributed by atoms with Crippen LogP contribution < -0.4 is 5.32 Å². The van der Waals surface area contributed by atoms with Crippen molar-refractivity contribution < 1.29 is 19.1 Å². The molecule has 0 aliphatic rings. The summed E-state index contributed by atoms with van der Waals surface area (Å²) in [5, 5.41) is 15.9. The molecule has 8 heterocycles. The van der Waals surface area contributed by atoms with E-state index in [1.54, 1.807) is 46.4 Å². The molecule has 1 amide bonds. The molecule has 11 rings (SSSR count). The number of carbonyl (C=O) groups excluding carboxylic acids is 2. The number of anilines is 1. The van der Waals surface area contributed by atoms with Gasteiger partial charge in [-0.3, -0.25) is 39.7 Å². The molecule has 11 aromatic rings. The van der Waals surface area contributed by atoms with Crippen molar-refractivity contribution in [3.05, 3.63) is 262 Å². The second-order valence-electron chi connectivity index (χ2n) is 36.3. The minimum atomic E-state index is -0.435. The molecule has 16 nitrogen and oxygen atoms in total. The molecule has 0 bridgehead atoms. The molecule has 0 aliphatic heterocycles. The summed E-state index contributed by atoms with van der Waals surface area (Å²) in [6.07, 6.45) is 78.2. The molecule has 0 fully saturated rings. The van der Waals surface area contributed by atoms with Gasteiger partial charge in [-0.15, -0.1) is 104 Å². The van der Waals surface area contributed by atoms with Crippen molar-refractivity contribution >= 4 is 56.8 Å². The minimum Gasteiger partial charge on any atom is -0.466 e. The van der Waals surface area contributed by atoms with Gasteiger partial charge in [0.2, 0.25) is 0 Å². The van der Waals surface area contributed by atoms with Crippen molar-refractivity contribution in [2.24, 2.45) is 60.3 Å². The zero-order valence-corrected chi connectivity index (χ0v) is 87.7. The fourth-order valence-electron chi connectivity index (χ4n) is 14.9. The number of ether oxygens (including phenoxy) is 2. The van der Waals surface area contributed by atoms with Crippen LogP contribution in [0.5, 0.6) is 0 Å². The minimum absolute atomic E-state index is 0.136. The number of esters is 1. The number of carbonyl (C=O) groups is 2. The van der Waals surface area contributed by atoms with Gasteiger partial charge < -0.3 is 9.47 Å². The number of pyridine rings is 5. The van der Waals surface area contributed by atoms with Gasteiger partial charge in [0, 0.05) is 217 Å². The average molecular weight is 1950 g/mol. The molecule has 720 valence electrons. The Balaban J connectivity index is 0.000000331. The van der Waals surface area contributed by atoms with Crippen LogP contribution in [0.3, 0.4) is 0 Å². The first-order valence-corrected chi connectivity index (χ1v) is 49.6. The van der Waals surface area contributed by atoms with E-state index < -0.39 is 6.09 Å². The zero-order valence-electron chi connectivity index (χ0n) is 84.5. The summed E-state index contributed by atoms with van der Waals surface area (Å²) < 4.78 is 12.7. The van der Waals surface area contributed by atoms with Crippen molar-refractivity contribution in [2.75, 3.05) is 11.9 Å². The van der Waals surface area contributed by atoms with E-state index in [1.807, 2.05) is 169 Å². The number of nitriles is 1. The molecule has 0 aliphatic carbocycles. The number of aromatic nitrogens is 10. The Labute approximate surface area is 844 Å². The first-order chi connectivity index (χ1) is 66.1. The molecule has 0 saturated carbocycles. The number of aryl methyl sites for hydroxylation is 1. The van der Waals surface area contributed by atoms with Crippen molar-refractivity contribution in [1.29, 1.82) is 5.26 Å². The van der Waals surface area contributed by atoms with Crippen molar-refractivity contribution in [3.63, 3.8) is 0 Å². The van der Waals surface area contributed by atoms with Crippen LogP contribution in [0.4, 0.5) is 10.5 Å². The number of halogens is 1. The Kier molecular flexibility index (Phi) is 55.7. The van der Waals surface area contributed by atoms with Gasteiger partial charge in [-0.25, -0.2) is 19.7 Å². The maximum Gasteiger partial charge on any atom is 0.411 e. The maximum absolute atomic E-state index is 11.6. The number of hydrogen-bond donors (Lipinski definition) is 1. The summed E-state index contributed by atoms with van der Waals surface area (Å²) in [6.45, 7) is 40.5. The number of nitrogens with zero attached hydrogens (tertiary/aromatic N) is 11. The van der Waals surface area contributed by atoms with Crippen molar-refractivity contribution in [3.8, 4) is 138 Å². The lowest BCUT2D eigenvalue weighted by atomic mass is 9.86. The van der Waals surface area contributed by atoms with E-state index in [0.717, 1.165) is 96.7 Å². The topological polar surface area (TPSA) is 209 Å². The summed E-state index contributed by atoms with van der Waals surface area (Å²) >= 11 is 6.73. The highest BCUT2D eigenvalue weighted by molar-refractivity contribution is 9.11. The average Bonchev–Trinajstić information content (AvgIpc) is 1.72. The summed E-state index contributed by atoms with van der Waals surface area (Å²) in [4.78, 5) is 60.1. The lowest BCUT2D eigenvalue weighted by molar-refractivity contribution is -0.144. The van der Waals surface area contributed by atoms with Crippen LogP contribution in [0.15, 0.2) is 228 Å². The fourth-order valence-corrected chi connectivity index (χ4v) is 17.3. The van der Waals surface area contributed by atoms with E-state index in [1.165, 1.54) is 38.4 Å². The van der Waals surface area contributed by atoms with Gasteiger partial charge >= 0.3 is 12.1 Å². The largest absolute Gasteiger partial charge is 0.466 e. The molecule has 19 heteroatoms. The van der Waals surface area contributed by atoms with Gasteiger partial charge in [0.25, 0.3) is 0 Å². The molecule has 8 atom stereocenters. The highest BCUT2D eigenvalue weighted by atomic mass is 79.9. The van der Waals surface area contributed by atoms with Gasteiger partial charge in [0.1, 0.15) is 6.33 Å². The third kappa shape index (κ3) is 43.1. The van der Waals surface area contributed by atoms with Crippen LogP contribution in [-0.4, -0.2) is 74.4 Å². The van der Waals surface area contributed by atoms with Gasteiger partial charge in [-0.2, -0.15) is 10.4 Å². The lowest BCUT2D eigenvalue weighted by Gasteiger charge is -2.20. The van der Waals surface area contributed by atoms with E-state index in [-0.39, 0.29) is 23.9 Å². The van der Waals surface area contributed by atoms with E-state index in [4.69, 9.17) is 66.1 Å². The maximum atomic E-state index is 11.6. The van der Waals surface area contributed by atoms with E-state index in [0.29, 0.717) is 115 Å². The lowest BCUT2D eigenvalue weighted by Crippen LogP contribution is -2.18. The number of amides is 1. The molecule has 138 heavy (non-hydrogen) atoms. The molecular formula is C119H141BrN12O4S2. The van der Waals surface area contributed by atoms with E-state index in [2.05, 4.69) is 279 Å². The Morgan fingerprint density at radius 2 is 0.833 bits per heavy atom. The molecule has 0 spiro atoms. The predicted molar refractivity (Wildman–Crippen MR) is 577 cm³/mol. The van der Waals surface area contributed by atoms with Crippen molar-refractivity contribution in [1.82, 2.24) is 49.7 Å². The number of nitrogens with one attached hydrogen (secondary N) is 1. The zero-order chi connectivity index (χ0) is 102. The SMILES string of the molecule is C#CCC(CC(=O)OCC)C(C)C.C#CCC(c1cccc(NC(=O)OC(C)C)c1)C(C)C.C#CCC(c1cnc(Br)s1)C(C)C.C#CCC(c1cncc(-c2ccccc2)c1)C(C)C.C#CCC(c1cncc(-c2cncnc2)c1)C(C)C.C#CCC(c1cncc(-c2cnn(C)c2)c1)C(C)C.C#CCC(c1cncc(C#C)c1)C(C)C.CC(C)C(CC#N)c1cncc(Sc2ccccc2)c1. The Morgan fingerprint density at radius 1 is 0.420 bits per heavy atom. The molecule has 8 aromatic heterocycles. The predicted octanol–water partition coefficient (Wildman–Crippen LogP) is 29.1. The van der Waals surface area contributed by atoms with Crippen LogP contribution >= 0.6 is 39.0 Å². The summed E-state index contributed by atoms with van der Waals surface area (Å²) in [5.41, 5.74) is 15.1. The summed E-state index contributed by atoms with van der Waals surface area (Å²) in [5.74, 6) is 28.0. The van der Waals surface area contributed by atoms with Crippen LogP contribution in [0, 0.1) is 163 Å². The molecule has 0 radical (unpaired) electrons. The van der Waals surface area contributed by atoms with Gasteiger partial charge in [0.15, 0.2) is 3.92 Å². The third-order valence-corrected chi connectivity index (χ3v) is 25.5. The quantitative estimate of drug-likeness (QED) is 0.0300. The number of hydrogen-bond acceptors (Lipinski definition) is 16. The second-order valence-corrected chi connectivity index (χ2v) is 39.8. The Morgan fingerprint density at radius 3 is 1.25 bits per heavy atom. The standard InChI is InChI=1S/C18H19N.C17H18N2S.C17H23NO2.C16H19N3.C16H17N3.C14H15N.C11H18O2.C10H12BrNS/c1-4-8-18(14(2)3)17-11-16(12-19-13-17)15-9-6-5-7-10-15;1-13(2)17(8-9-18)14-10-16(12-19-11-14)20-15-6-4-3-5-7-15;1-6-8-16(12(2)3)14-9-7-10-15(11-14)18-17(19)20-13(4)5;1-5-6-16(12(2)3)14-7-13(8-17-9-14)15-10-18-19(4)11-15;1-4-5-16(12(2)3)14-6-13(7-17-8-14)15-9-18-11-19-10-15;1-5-7-14(11(3)4)13-8-12(6-2)9-15-10-13;1-5-7-10(9(3)4)8-11(12)13-6-2;1-4-5-8(7(2)3)9-6-12-10(11)13-9/h1,5-7,9-14,18H,8H2,2-3H3;3-7,10-13,17H,8H2,1-2H3;1,7,9-13,16H,8H2,2-5H3,(H,18,19);1,7-12,16H,6H2,2-4H3;1,6-12,16H,5H2,2-3H3;1-2,8-11,14H,7H2,3-4H3;1,9-10H,6-8H2,2-4H3;1,6-8H,5H2,2-3H3. The number of terminal acetylenes is 8. The first kappa shape index (κ1) is 117. The Hall–Kier alpha value is -13.1. The summed E-state index contributed by atoms with van der Waals surface area (Å²) in [7, 11) is 1.91. The fraction of sp³-hybridized carbons (Fsp3) is 0.395. The molecular weight excluding hydrogens is 1810 g/mol. The second kappa shape index (κ2) is 65.6. The van der Waals surface area contributed by atoms with Gasteiger partial charge in [0.05, 0.1) is 25.0 Å². The number of benzene rings is 3. The Bertz CT molecular complexity index is 5710. The molecule has 0 saturated heterocycles. The van der Waals surface area contributed by atoms with Crippen LogP contribution in [0.2, 0.25) is 0 Å². The number of thiazole rings is 1. The first-order valence-electron chi connectivity index (χ1n) is 47.1. The highest BCUT2D eigenvalue weighted by Crippen LogP contribution is 2.38. The van der Waals surface area contributed by atoms with Gasteiger partial charge in [-0.1, -0.05) is 189 Å². The van der Waals surface area contributed by atoms with E-state index >= 15 is 0 Å².